The Morgan fingerprint density at radius 1 is 1.00 bits per heavy atom. The van der Waals surface area contributed by atoms with Crippen LogP contribution in [0.4, 0.5) is 0 Å². The van der Waals surface area contributed by atoms with Crippen molar-refractivity contribution in [3.63, 3.8) is 0 Å². The molecule has 1 saturated heterocycles. The highest BCUT2D eigenvalue weighted by atomic mass is 35.5. The molecule has 5 nitrogen and oxygen atoms in total. The van der Waals surface area contributed by atoms with Crippen molar-refractivity contribution >= 4 is 41.4 Å². The summed E-state index contributed by atoms with van der Waals surface area (Å²) in [7, 11) is 0. The maximum Gasteiger partial charge on any atom is 0.254 e. The van der Waals surface area contributed by atoms with Gasteiger partial charge in [0.05, 0.1) is 17.8 Å². The molecule has 1 amide bonds. The zero-order valence-electron chi connectivity index (χ0n) is 16.1. The number of nitrogens with one attached hydrogen (secondary N) is 1. The lowest BCUT2D eigenvalue weighted by Crippen LogP contribution is -2.48. The largest absolute Gasteiger partial charge is 0.297 e. The quantitative estimate of drug-likeness (QED) is 0.536. The van der Waals surface area contributed by atoms with Crippen molar-refractivity contribution in [2.24, 2.45) is 5.10 Å². The van der Waals surface area contributed by atoms with Crippen molar-refractivity contribution < 1.29 is 4.79 Å². The van der Waals surface area contributed by atoms with Crippen molar-refractivity contribution in [1.29, 1.82) is 0 Å². The van der Waals surface area contributed by atoms with Crippen molar-refractivity contribution in [2.75, 3.05) is 32.7 Å². The Morgan fingerprint density at radius 3 is 2.34 bits per heavy atom. The van der Waals surface area contributed by atoms with E-state index in [9.17, 15) is 4.79 Å². The van der Waals surface area contributed by atoms with Gasteiger partial charge in [-0.05, 0) is 29.3 Å². The van der Waals surface area contributed by atoms with Crippen LogP contribution in [0.15, 0.2) is 64.7 Å². The summed E-state index contributed by atoms with van der Waals surface area (Å²) in [4.78, 5) is 16.6. The first-order valence-electron chi connectivity index (χ1n) is 9.52. The Bertz CT molecular complexity index is 845. The number of piperazine rings is 1. The fourth-order valence-corrected chi connectivity index (χ4v) is 3.40. The van der Waals surface area contributed by atoms with Crippen molar-refractivity contribution in [1.82, 2.24) is 15.2 Å². The number of halogens is 2. The monoisotopic (exact) mass is 430 g/mol. The van der Waals surface area contributed by atoms with Gasteiger partial charge in [-0.3, -0.25) is 14.6 Å². The summed E-state index contributed by atoms with van der Waals surface area (Å²) in [6.07, 6.45) is 3.23. The van der Waals surface area contributed by atoms with Crippen LogP contribution < -0.4 is 5.43 Å². The maximum absolute atomic E-state index is 12.1. The molecule has 3 rings (SSSR count). The van der Waals surface area contributed by atoms with Crippen LogP contribution in [0.25, 0.3) is 6.08 Å². The number of hydrogen-bond acceptors (Lipinski definition) is 4. The molecule has 1 heterocycles. The molecular weight excluding hydrogens is 407 g/mol. The Balaban J connectivity index is 1.37. The highest BCUT2D eigenvalue weighted by Gasteiger charge is 2.18. The Kier molecular flexibility index (Phi) is 8.25. The van der Waals surface area contributed by atoms with Crippen LogP contribution in [0, 0.1) is 0 Å². The van der Waals surface area contributed by atoms with E-state index in [1.54, 1.807) is 6.08 Å². The molecule has 1 fully saturated rings. The third-order valence-corrected chi connectivity index (χ3v) is 5.09. The van der Waals surface area contributed by atoms with Crippen LogP contribution in [-0.4, -0.2) is 54.6 Å². The topological polar surface area (TPSA) is 47.9 Å². The molecule has 0 aromatic heterocycles. The van der Waals surface area contributed by atoms with Crippen LogP contribution in [-0.2, 0) is 11.3 Å². The summed E-state index contributed by atoms with van der Waals surface area (Å²) in [6, 6.07) is 17.6. The van der Waals surface area contributed by atoms with Crippen LogP contribution in [0.5, 0.6) is 0 Å². The number of amides is 1. The molecule has 1 aliphatic heterocycles. The number of nitrogens with zero attached hydrogens (tertiary/aromatic N) is 3. The zero-order chi connectivity index (χ0) is 20.5. The molecule has 0 unspecified atom stereocenters. The summed E-state index contributed by atoms with van der Waals surface area (Å²) >= 11 is 12.1. The fraction of sp³-hybridized carbons (Fsp3) is 0.273. The lowest BCUT2D eigenvalue weighted by Gasteiger charge is -2.34. The highest BCUT2D eigenvalue weighted by Crippen LogP contribution is 2.13. The molecule has 1 aliphatic rings. The van der Waals surface area contributed by atoms with Gasteiger partial charge < -0.3 is 0 Å². The van der Waals surface area contributed by atoms with Gasteiger partial charge in [0.1, 0.15) is 0 Å². The predicted octanol–water partition coefficient (Wildman–Crippen LogP) is 3.84. The lowest BCUT2D eigenvalue weighted by molar-refractivity contribution is -0.122. The molecule has 2 aromatic carbocycles. The van der Waals surface area contributed by atoms with E-state index >= 15 is 0 Å². The summed E-state index contributed by atoms with van der Waals surface area (Å²) in [6.45, 7) is 4.76. The summed E-state index contributed by atoms with van der Waals surface area (Å²) < 4.78 is 0. The molecule has 1 N–H and O–H groups in total. The van der Waals surface area contributed by atoms with Gasteiger partial charge in [0.25, 0.3) is 5.91 Å². The molecular formula is C22H24Cl2N4O. The van der Waals surface area contributed by atoms with Crippen LogP contribution in [0.2, 0.25) is 5.02 Å². The van der Waals surface area contributed by atoms with Gasteiger partial charge in [-0.15, -0.1) is 0 Å². The number of rotatable bonds is 7. The van der Waals surface area contributed by atoms with Crippen LogP contribution in [0.3, 0.4) is 0 Å². The third kappa shape index (κ3) is 7.63. The first-order chi connectivity index (χ1) is 14.1. The molecule has 152 valence electrons. The summed E-state index contributed by atoms with van der Waals surface area (Å²) in [5, 5.41) is 5.14. The van der Waals surface area contributed by atoms with Gasteiger partial charge in [0.15, 0.2) is 0 Å². The normalized spacial score (nSPS) is 16.3. The molecule has 0 spiro atoms. The molecule has 0 aliphatic carbocycles. The van der Waals surface area contributed by atoms with Gasteiger partial charge in [0, 0.05) is 37.7 Å². The molecule has 7 heteroatoms. The molecule has 0 bridgehead atoms. The number of benzene rings is 2. The highest BCUT2D eigenvalue weighted by molar-refractivity contribution is 6.41. The number of hydrazone groups is 1. The number of carbonyl (C=O) groups excluding carboxylic acids is 1. The molecule has 2 aromatic rings. The average molecular weight is 431 g/mol. The van der Waals surface area contributed by atoms with Crippen molar-refractivity contribution in [3.8, 4) is 0 Å². The Hall–Kier alpha value is -2.18. The van der Waals surface area contributed by atoms with E-state index in [1.807, 2.05) is 42.5 Å². The van der Waals surface area contributed by atoms with Gasteiger partial charge in [-0.25, -0.2) is 5.43 Å². The van der Waals surface area contributed by atoms with Crippen molar-refractivity contribution in [2.45, 2.75) is 6.54 Å². The predicted molar refractivity (Wildman–Crippen MR) is 120 cm³/mol. The second-order valence-electron chi connectivity index (χ2n) is 6.91. The first-order valence-corrected chi connectivity index (χ1v) is 10.3. The van der Waals surface area contributed by atoms with E-state index in [0.717, 1.165) is 43.3 Å². The smallest absolute Gasteiger partial charge is 0.254 e. The second kappa shape index (κ2) is 11.1. The molecule has 29 heavy (non-hydrogen) atoms. The Morgan fingerprint density at radius 2 is 1.66 bits per heavy atom. The number of allylic oxidation sites excluding steroid dienone is 1. The fourth-order valence-electron chi connectivity index (χ4n) is 3.10. The zero-order valence-corrected chi connectivity index (χ0v) is 17.6. The standard InChI is InChI=1S/C22H24Cl2N4O/c23-20-8-6-19(7-9-20)16-27-10-12-28(13-11-27)17-22(29)26-25-15-21(24)14-18-4-2-1-3-5-18/h1-9,14-15H,10-13,16-17H2,(H,26,29)/b21-14-,25-15+. The van der Waals surface area contributed by atoms with E-state index < -0.39 is 0 Å². The minimum Gasteiger partial charge on any atom is -0.297 e. The van der Waals surface area contributed by atoms with E-state index in [2.05, 4.69) is 32.5 Å². The minimum absolute atomic E-state index is 0.142. The minimum atomic E-state index is -0.142. The summed E-state index contributed by atoms with van der Waals surface area (Å²) in [5.74, 6) is -0.142. The molecule has 0 saturated carbocycles. The molecule has 0 atom stereocenters. The second-order valence-corrected chi connectivity index (χ2v) is 7.78. The SMILES string of the molecule is O=C(CN1CCN(Cc2ccc(Cl)cc2)CC1)N/N=C/C(Cl)=C/c1ccccc1. The number of carbonyl (C=O) groups is 1. The third-order valence-electron chi connectivity index (χ3n) is 4.63. The van der Waals surface area contributed by atoms with Gasteiger partial charge in [-0.2, -0.15) is 5.10 Å². The van der Waals surface area contributed by atoms with Gasteiger partial charge in [0.2, 0.25) is 0 Å². The first kappa shape index (κ1) is 21.5. The molecule has 0 radical (unpaired) electrons. The van der Waals surface area contributed by atoms with E-state index in [-0.39, 0.29) is 5.91 Å². The lowest BCUT2D eigenvalue weighted by atomic mass is 10.2. The van der Waals surface area contributed by atoms with E-state index in [4.69, 9.17) is 23.2 Å². The van der Waals surface area contributed by atoms with Gasteiger partial charge in [-0.1, -0.05) is 65.7 Å². The number of hydrogen-bond donors (Lipinski definition) is 1. The van der Waals surface area contributed by atoms with Crippen molar-refractivity contribution in [3.05, 3.63) is 75.8 Å². The maximum atomic E-state index is 12.1. The van der Waals surface area contributed by atoms with Gasteiger partial charge >= 0.3 is 0 Å². The van der Waals surface area contributed by atoms with Crippen LogP contribution >= 0.6 is 23.2 Å². The Labute approximate surface area is 181 Å². The average Bonchev–Trinajstić information content (AvgIpc) is 2.72. The van der Waals surface area contributed by atoms with E-state index in [0.29, 0.717) is 11.6 Å². The summed E-state index contributed by atoms with van der Waals surface area (Å²) in [5.41, 5.74) is 4.76. The van der Waals surface area contributed by atoms with Crippen LogP contribution in [0.1, 0.15) is 11.1 Å². The van der Waals surface area contributed by atoms with E-state index in [1.165, 1.54) is 11.8 Å².